The van der Waals surface area contributed by atoms with E-state index < -0.39 is 5.97 Å². The molecular weight excluding hydrogens is 442 g/mol. The summed E-state index contributed by atoms with van der Waals surface area (Å²) >= 11 is 0. The van der Waals surface area contributed by atoms with Crippen molar-refractivity contribution in [3.63, 3.8) is 0 Å². The summed E-state index contributed by atoms with van der Waals surface area (Å²) in [5.41, 5.74) is 11.0. The van der Waals surface area contributed by atoms with Crippen LogP contribution in [-0.4, -0.2) is 28.3 Å². The molecule has 35 heavy (non-hydrogen) atoms. The van der Waals surface area contributed by atoms with Gasteiger partial charge in [0.05, 0.1) is 17.6 Å². The summed E-state index contributed by atoms with van der Waals surface area (Å²) < 4.78 is 12.4. The Balaban J connectivity index is 1.28. The Morgan fingerprint density at radius 1 is 1.11 bits per heavy atom. The van der Waals surface area contributed by atoms with Gasteiger partial charge in [-0.05, 0) is 61.9 Å². The van der Waals surface area contributed by atoms with Crippen LogP contribution in [0, 0.1) is 5.92 Å². The first-order valence-electron chi connectivity index (χ1n) is 12.3. The van der Waals surface area contributed by atoms with Crippen LogP contribution in [0.4, 0.5) is 11.4 Å². The van der Waals surface area contributed by atoms with Crippen molar-refractivity contribution < 1.29 is 19.4 Å². The normalized spacial score (nSPS) is 23.5. The molecule has 0 bridgehead atoms. The van der Waals surface area contributed by atoms with Crippen molar-refractivity contribution in [2.75, 3.05) is 11.1 Å². The van der Waals surface area contributed by atoms with Crippen molar-refractivity contribution in [1.29, 1.82) is 0 Å². The molecule has 0 radical (unpaired) electrons. The zero-order chi connectivity index (χ0) is 24.4. The highest BCUT2D eigenvalue weighted by atomic mass is 16.5. The van der Waals surface area contributed by atoms with E-state index in [1.165, 1.54) is 0 Å². The van der Waals surface area contributed by atoms with Gasteiger partial charge < -0.3 is 25.6 Å². The first-order chi connectivity index (χ1) is 17.0. The van der Waals surface area contributed by atoms with E-state index in [1.807, 2.05) is 48.5 Å². The quantitative estimate of drug-likeness (QED) is 0.396. The molecule has 2 unspecified atom stereocenters. The number of para-hydroxylation sites is 1. The molecule has 1 aliphatic heterocycles. The zero-order valence-electron chi connectivity index (χ0n) is 19.8. The molecule has 182 valence electrons. The molecule has 2 aliphatic rings. The second kappa shape index (κ2) is 9.86. The van der Waals surface area contributed by atoms with Gasteiger partial charge in [0.1, 0.15) is 18.0 Å². The van der Waals surface area contributed by atoms with E-state index in [1.54, 1.807) is 6.20 Å². The minimum absolute atomic E-state index is 0.0109. The molecule has 2 atom stereocenters. The summed E-state index contributed by atoms with van der Waals surface area (Å²) in [4.78, 5) is 15.6. The molecule has 1 aliphatic carbocycles. The lowest BCUT2D eigenvalue weighted by Gasteiger charge is -2.35. The number of fused-ring (bicyclic) bond motifs is 1. The second-order valence-corrected chi connectivity index (χ2v) is 9.34. The van der Waals surface area contributed by atoms with Crippen LogP contribution in [0.2, 0.25) is 0 Å². The lowest BCUT2D eigenvalue weighted by Crippen LogP contribution is -2.34. The SMILES string of the molecule is CCC1Oc2cc(-c3ccc(OC4CCC(C(=O)O)CC4)nc3)ccc2NC1c1ccccc1N. The largest absolute Gasteiger partial charge is 0.486 e. The fraction of sp³-hybridized carbons (Fsp3) is 0.357. The maximum Gasteiger partial charge on any atom is 0.306 e. The molecule has 2 aromatic carbocycles. The van der Waals surface area contributed by atoms with Crippen molar-refractivity contribution in [2.45, 2.75) is 57.3 Å². The van der Waals surface area contributed by atoms with E-state index in [2.05, 4.69) is 23.3 Å². The van der Waals surface area contributed by atoms with Crippen LogP contribution in [0.25, 0.3) is 11.1 Å². The highest BCUT2D eigenvalue weighted by Crippen LogP contribution is 2.41. The molecule has 1 aromatic heterocycles. The third kappa shape index (κ3) is 4.90. The number of aromatic nitrogens is 1. The van der Waals surface area contributed by atoms with Crippen molar-refractivity contribution in [2.24, 2.45) is 5.92 Å². The first kappa shape index (κ1) is 23.0. The predicted molar refractivity (Wildman–Crippen MR) is 136 cm³/mol. The number of carbonyl (C=O) groups is 1. The summed E-state index contributed by atoms with van der Waals surface area (Å²) in [7, 11) is 0. The summed E-state index contributed by atoms with van der Waals surface area (Å²) in [5.74, 6) is 0.423. The second-order valence-electron chi connectivity index (χ2n) is 9.34. The van der Waals surface area contributed by atoms with Gasteiger partial charge in [0.25, 0.3) is 0 Å². The highest BCUT2D eigenvalue weighted by molar-refractivity contribution is 5.72. The van der Waals surface area contributed by atoms with Crippen molar-refractivity contribution in [1.82, 2.24) is 4.98 Å². The van der Waals surface area contributed by atoms with Crippen LogP contribution < -0.4 is 20.5 Å². The van der Waals surface area contributed by atoms with Crippen LogP contribution in [-0.2, 0) is 4.79 Å². The van der Waals surface area contributed by atoms with Gasteiger partial charge in [0.15, 0.2) is 0 Å². The van der Waals surface area contributed by atoms with Crippen molar-refractivity contribution in [3.8, 4) is 22.8 Å². The van der Waals surface area contributed by atoms with Crippen molar-refractivity contribution in [3.05, 3.63) is 66.4 Å². The molecule has 1 fully saturated rings. The van der Waals surface area contributed by atoms with E-state index in [9.17, 15) is 4.79 Å². The van der Waals surface area contributed by atoms with E-state index >= 15 is 0 Å². The van der Waals surface area contributed by atoms with E-state index in [0.717, 1.165) is 53.1 Å². The Bertz CT molecular complexity index is 1190. The Hall–Kier alpha value is -3.74. The van der Waals surface area contributed by atoms with Gasteiger partial charge in [-0.3, -0.25) is 4.79 Å². The Morgan fingerprint density at radius 3 is 2.57 bits per heavy atom. The van der Waals surface area contributed by atoms with Crippen LogP contribution in [0.3, 0.4) is 0 Å². The monoisotopic (exact) mass is 473 g/mol. The van der Waals surface area contributed by atoms with Gasteiger partial charge in [-0.1, -0.05) is 31.2 Å². The Kier molecular flexibility index (Phi) is 6.49. The van der Waals surface area contributed by atoms with E-state index in [-0.39, 0.29) is 24.2 Å². The minimum atomic E-state index is -0.708. The molecule has 1 saturated carbocycles. The average molecular weight is 474 g/mol. The summed E-state index contributed by atoms with van der Waals surface area (Å²) in [6.45, 7) is 2.12. The molecule has 7 nitrogen and oxygen atoms in total. The highest BCUT2D eigenvalue weighted by Gasteiger charge is 2.31. The summed E-state index contributed by atoms with van der Waals surface area (Å²) in [5, 5.41) is 12.8. The number of nitrogens with one attached hydrogen (secondary N) is 1. The van der Waals surface area contributed by atoms with Gasteiger partial charge in [0, 0.05) is 29.1 Å². The molecule has 2 heterocycles. The van der Waals surface area contributed by atoms with E-state index in [4.69, 9.17) is 20.3 Å². The summed E-state index contributed by atoms with van der Waals surface area (Å²) in [6.07, 6.45) is 5.42. The average Bonchev–Trinajstić information content (AvgIpc) is 2.88. The molecule has 7 heteroatoms. The van der Waals surface area contributed by atoms with Crippen LogP contribution in [0.15, 0.2) is 60.8 Å². The van der Waals surface area contributed by atoms with Crippen LogP contribution in [0.1, 0.15) is 50.6 Å². The number of hydrogen-bond acceptors (Lipinski definition) is 6. The lowest BCUT2D eigenvalue weighted by atomic mass is 9.87. The maximum atomic E-state index is 11.1. The number of rotatable bonds is 6. The smallest absolute Gasteiger partial charge is 0.306 e. The van der Waals surface area contributed by atoms with E-state index in [0.29, 0.717) is 18.7 Å². The van der Waals surface area contributed by atoms with Crippen molar-refractivity contribution >= 4 is 17.3 Å². The number of benzene rings is 2. The first-order valence-corrected chi connectivity index (χ1v) is 12.3. The Labute approximate surface area is 205 Å². The van der Waals surface area contributed by atoms with Gasteiger partial charge in [0.2, 0.25) is 5.88 Å². The summed E-state index contributed by atoms with van der Waals surface area (Å²) in [6, 6.07) is 17.9. The number of carboxylic acid groups (broad SMARTS) is 1. The fourth-order valence-corrected chi connectivity index (χ4v) is 5.02. The number of anilines is 2. The van der Waals surface area contributed by atoms with Crippen LogP contribution in [0.5, 0.6) is 11.6 Å². The number of aliphatic carboxylic acids is 1. The standard InChI is InChI=1S/C28H31N3O4/c1-2-24-27(21-5-3-4-6-22(21)29)31-23-13-9-18(15-25(23)35-24)19-10-14-26(30-16-19)34-20-11-7-17(8-12-20)28(32)33/h3-6,9-10,13-17,20,24,27,31H,2,7-8,11-12,29H2,1H3,(H,32,33). The number of nitrogen functional groups attached to an aromatic ring is 1. The Morgan fingerprint density at radius 2 is 1.89 bits per heavy atom. The number of hydrogen-bond donors (Lipinski definition) is 3. The number of nitrogens with two attached hydrogens (primary N) is 1. The number of ether oxygens (including phenoxy) is 2. The number of nitrogens with zero attached hydrogens (tertiary/aromatic N) is 1. The van der Waals surface area contributed by atoms with Gasteiger partial charge >= 0.3 is 5.97 Å². The maximum absolute atomic E-state index is 11.1. The lowest BCUT2D eigenvalue weighted by molar-refractivity contribution is -0.143. The molecule has 0 saturated heterocycles. The number of carboxylic acids is 1. The third-order valence-corrected chi connectivity index (χ3v) is 7.06. The molecule has 4 N–H and O–H groups in total. The van der Waals surface area contributed by atoms with Crippen LogP contribution >= 0.6 is 0 Å². The van der Waals surface area contributed by atoms with Gasteiger partial charge in [-0.15, -0.1) is 0 Å². The molecule has 0 amide bonds. The van der Waals surface area contributed by atoms with Gasteiger partial charge in [-0.2, -0.15) is 0 Å². The van der Waals surface area contributed by atoms with Gasteiger partial charge in [-0.25, -0.2) is 4.98 Å². The topological polar surface area (TPSA) is 107 Å². The molecule has 3 aromatic rings. The fourth-order valence-electron chi connectivity index (χ4n) is 5.02. The zero-order valence-corrected chi connectivity index (χ0v) is 19.8. The predicted octanol–water partition coefficient (Wildman–Crippen LogP) is 5.68. The molecule has 5 rings (SSSR count). The number of pyridine rings is 1. The minimum Gasteiger partial charge on any atom is -0.486 e. The molecule has 0 spiro atoms. The molecular formula is C28H31N3O4. The third-order valence-electron chi connectivity index (χ3n) is 7.06.